The molecular formula is C28H30F3N5O. The van der Waals surface area contributed by atoms with Crippen molar-refractivity contribution in [2.24, 2.45) is 5.92 Å². The van der Waals surface area contributed by atoms with E-state index in [2.05, 4.69) is 15.1 Å². The van der Waals surface area contributed by atoms with Gasteiger partial charge in [-0.05, 0) is 55.7 Å². The fraction of sp³-hybridized carbons (Fsp3) is 0.393. The first-order valence-electron chi connectivity index (χ1n) is 12.7. The van der Waals surface area contributed by atoms with Gasteiger partial charge in [0.15, 0.2) is 5.82 Å². The summed E-state index contributed by atoms with van der Waals surface area (Å²) in [7, 11) is 0. The highest BCUT2D eigenvalue weighted by Gasteiger charge is 2.33. The molecule has 2 aliphatic heterocycles. The van der Waals surface area contributed by atoms with Crippen LogP contribution >= 0.6 is 0 Å². The van der Waals surface area contributed by atoms with Gasteiger partial charge in [-0.2, -0.15) is 13.2 Å². The Kier molecular flexibility index (Phi) is 7.04. The van der Waals surface area contributed by atoms with E-state index in [1.807, 2.05) is 53.1 Å². The van der Waals surface area contributed by atoms with E-state index in [1.165, 1.54) is 12.1 Å². The number of halogens is 3. The van der Waals surface area contributed by atoms with E-state index in [9.17, 15) is 18.0 Å². The molecule has 1 aromatic heterocycles. The summed E-state index contributed by atoms with van der Waals surface area (Å²) >= 11 is 0. The molecule has 2 aliphatic rings. The first-order valence-corrected chi connectivity index (χ1v) is 12.7. The van der Waals surface area contributed by atoms with Gasteiger partial charge in [0.1, 0.15) is 0 Å². The number of benzene rings is 2. The van der Waals surface area contributed by atoms with Gasteiger partial charge in [0.25, 0.3) is 0 Å². The largest absolute Gasteiger partial charge is 0.416 e. The van der Waals surface area contributed by atoms with Crippen molar-refractivity contribution in [3.8, 4) is 11.3 Å². The normalized spacial score (nSPS) is 18.7. The van der Waals surface area contributed by atoms with Crippen LogP contribution in [0.3, 0.4) is 0 Å². The van der Waals surface area contributed by atoms with Gasteiger partial charge in [-0.1, -0.05) is 30.3 Å². The molecule has 0 saturated carbocycles. The first kappa shape index (κ1) is 25.0. The summed E-state index contributed by atoms with van der Waals surface area (Å²) < 4.78 is 39.3. The minimum absolute atomic E-state index is 0.109. The number of aromatic nitrogens is 2. The van der Waals surface area contributed by atoms with Gasteiger partial charge in [0, 0.05) is 50.5 Å². The van der Waals surface area contributed by atoms with Gasteiger partial charge >= 0.3 is 6.18 Å². The molecule has 9 heteroatoms. The summed E-state index contributed by atoms with van der Waals surface area (Å²) in [4.78, 5) is 19.2. The lowest BCUT2D eigenvalue weighted by Crippen LogP contribution is -2.52. The maximum Gasteiger partial charge on any atom is 0.416 e. The number of rotatable bonds is 4. The number of hydrogen-bond acceptors (Lipinski definition) is 5. The molecule has 0 spiro atoms. The Morgan fingerprint density at radius 3 is 2.38 bits per heavy atom. The van der Waals surface area contributed by atoms with Crippen LogP contribution in [0.15, 0.2) is 60.7 Å². The number of alkyl halides is 3. The number of piperazine rings is 1. The van der Waals surface area contributed by atoms with Crippen molar-refractivity contribution < 1.29 is 18.0 Å². The minimum Gasteiger partial charge on any atom is -0.368 e. The average molecular weight is 510 g/mol. The molecule has 37 heavy (non-hydrogen) atoms. The summed E-state index contributed by atoms with van der Waals surface area (Å²) in [6, 6.07) is 17.4. The van der Waals surface area contributed by atoms with E-state index in [0.717, 1.165) is 48.1 Å². The van der Waals surface area contributed by atoms with Crippen molar-refractivity contribution in [2.75, 3.05) is 49.1 Å². The monoisotopic (exact) mass is 509 g/mol. The number of anilines is 2. The molecule has 2 aromatic carbocycles. The van der Waals surface area contributed by atoms with Gasteiger partial charge in [-0.15, -0.1) is 10.2 Å². The van der Waals surface area contributed by atoms with Crippen molar-refractivity contribution in [1.29, 1.82) is 0 Å². The van der Waals surface area contributed by atoms with Gasteiger partial charge in [0.05, 0.1) is 17.2 Å². The molecule has 6 nitrogen and oxygen atoms in total. The molecule has 0 N–H and O–H groups in total. The average Bonchev–Trinajstić information content (AvgIpc) is 2.93. The van der Waals surface area contributed by atoms with Crippen LogP contribution in [0.5, 0.6) is 0 Å². The molecule has 1 atom stereocenters. The van der Waals surface area contributed by atoms with Crippen molar-refractivity contribution in [3.05, 3.63) is 71.8 Å². The van der Waals surface area contributed by atoms with E-state index in [1.54, 1.807) is 6.07 Å². The van der Waals surface area contributed by atoms with Crippen molar-refractivity contribution >= 4 is 17.4 Å². The lowest BCUT2D eigenvalue weighted by molar-refractivity contribution is -0.137. The fourth-order valence-corrected chi connectivity index (χ4v) is 5.21. The molecular weight excluding hydrogens is 479 g/mol. The maximum absolute atomic E-state index is 13.3. The van der Waals surface area contributed by atoms with Crippen molar-refractivity contribution in [2.45, 2.75) is 25.9 Å². The predicted octanol–water partition coefficient (Wildman–Crippen LogP) is 5.04. The standard InChI is InChI=1S/C28H30F3N5O/c1-20-6-2-3-10-24(20)25-11-12-26(33-32-25)36-13-5-7-21(19-36)27(37)35-16-14-34(15-17-35)23-9-4-8-22(18-23)28(29,30)31/h2-4,6,8-12,18,21H,5,7,13-17,19H2,1H3. The Balaban J connectivity index is 1.19. The summed E-state index contributed by atoms with van der Waals surface area (Å²) in [5, 5.41) is 8.90. The van der Waals surface area contributed by atoms with E-state index < -0.39 is 11.7 Å². The first-order chi connectivity index (χ1) is 17.8. The summed E-state index contributed by atoms with van der Waals surface area (Å²) in [6.07, 6.45) is -2.66. The highest BCUT2D eigenvalue weighted by atomic mass is 19.4. The van der Waals surface area contributed by atoms with Crippen molar-refractivity contribution in [1.82, 2.24) is 15.1 Å². The van der Waals surface area contributed by atoms with E-state index >= 15 is 0 Å². The second-order valence-electron chi connectivity index (χ2n) is 9.74. The number of hydrogen-bond donors (Lipinski definition) is 0. The highest BCUT2D eigenvalue weighted by Crippen LogP contribution is 2.32. The zero-order valence-corrected chi connectivity index (χ0v) is 20.8. The second-order valence-corrected chi connectivity index (χ2v) is 9.74. The van der Waals surface area contributed by atoms with Crippen LogP contribution in [0.4, 0.5) is 24.7 Å². The van der Waals surface area contributed by atoms with Crippen molar-refractivity contribution in [3.63, 3.8) is 0 Å². The fourth-order valence-electron chi connectivity index (χ4n) is 5.21. The molecule has 3 heterocycles. The number of carbonyl (C=O) groups excluding carboxylic acids is 1. The smallest absolute Gasteiger partial charge is 0.368 e. The summed E-state index contributed by atoms with van der Waals surface area (Å²) in [5.41, 5.74) is 2.91. The minimum atomic E-state index is -4.37. The molecule has 0 radical (unpaired) electrons. The van der Waals surface area contributed by atoms with E-state index in [0.29, 0.717) is 38.4 Å². The highest BCUT2D eigenvalue weighted by molar-refractivity contribution is 5.80. The third kappa shape index (κ3) is 5.55. The number of nitrogens with zero attached hydrogens (tertiary/aromatic N) is 5. The molecule has 3 aromatic rings. The van der Waals surface area contributed by atoms with Crippen LogP contribution in [0.1, 0.15) is 24.0 Å². The summed E-state index contributed by atoms with van der Waals surface area (Å²) in [5.74, 6) is 0.744. The molecule has 0 aliphatic carbocycles. The Bertz CT molecular complexity index is 1240. The molecule has 2 saturated heterocycles. The Morgan fingerprint density at radius 2 is 1.68 bits per heavy atom. The zero-order chi connectivity index (χ0) is 26.0. The van der Waals surface area contributed by atoms with Gasteiger partial charge in [0.2, 0.25) is 5.91 Å². The molecule has 2 fully saturated rings. The van der Waals surface area contributed by atoms with E-state index in [-0.39, 0.29) is 11.8 Å². The zero-order valence-electron chi connectivity index (χ0n) is 20.8. The third-order valence-corrected chi connectivity index (χ3v) is 7.30. The summed E-state index contributed by atoms with van der Waals surface area (Å²) in [6.45, 7) is 5.47. The number of amides is 1. The van der Waals surface area contributed by atoms with Gasteiger partial charge in [-0.3, -0.25) is 4.79 Å². The topological polar surface area (TPSA) is 52.6 Å². The second kappa shape index (κ2) is 10.4. The van der Waals surface area contributed by atoms with Gasteiger partial charge < -0.3 is 14.7 Å². The molecule has 1 unspecified atom stereocenters. The van der Waals surface area contributed by atoms with Crippen LogP contribution in [0.25, 0.3) is 11.3 Å². The van der Waals surface area contributed by atoms with Gasteiger partial charge in [-0.25, -0.2) is 0 Å². The Hall–Kier alpha value is -3.62. The van der Waals surface area contributed by atoms with Crippen LogP contribution in [-0.4, -0.2) is 60.3 Å². The SMILES string of the molecule is Cc1ccccc1-c1ccc(N2CCCC(C(=O)N3CCN(c4cccc(C(F)(F)F)c4)CC3)C2)nn1. The Labute approximate surface area is 214 Å². The van der Waals surface area contributed by atoms with Crippen LogP contribution < -0.4 is 9.80 Å². The number of piperidine rings is 1. The van der Waals surface area contributed by atoms with Crippen LogP contribution in [0, 0.1) is 12.8 Å². The van der Waals surface area contributed by atoms with Crippen LogP contribution in [0.2, 0.25) is 0 Å². The molecule has 194 valence electrons. The molecule has 5 rings (SSSR count). The lowest BCUT2D eigenvalue weighted by atomic mass is 9.96. The third-order valence-electron chi connectivity index (χ3n) is 7.30. The lowest BCUT2D eigenvalue weighted by Gasteiger charge is -2.40. The number of carbonyl (C=O) groups is 1. The predicted molar refractivity (Wildman–Crippen MR) is 137 cm³/mol. The molecule has 0 bridgehead atoms. The quantitative estimate of drug-likeness (QED) is 0.494. The van der Waals surface area contributed by atoms with E-state index in [4.69, 9.17) is 0 Å². The maximum atomic E-state index is 13.3. The molecule has 1 amide bonds. The van der Waals surface area contributed by atoms with Crippen LogP contribution in [-0.2, 0) is 11.0 Å². The number of aryl methyl sites for hydroxylation is 1. The Morgan fingerprint density at radius 1 is 0.892 bits per heavy atom.